The van der Waals surface area contributed by atoms with Crippen molar-refractivity contribution in [2.45, 2.75) is 51.9 Å². The van der Waals surface area contributed by atoms with Gasteiger partial charge in [0.1, 0.15) is 17.0 Å². The van der Waals surface area contributed by atoms with Crippen molar-refractivity contribution in [3.05, 3.63) is 39.1 Å². The Morgan fingerprint density at radius 3 is 2.52 bits per heavy atom. The molecule has 1 saturated heterocycles. The monoisotopic (exact) mass is 370 g/mol. The molecule has 2 aliphatic rings. The van der Waals surface area contributed by atoms with Gasteiger partial charge in [0.25, 0.3) is 5.91 Å². The number of hydrogen-bond donors (Lipinski definition) is 1. The molecule has 2 fully saturated rings. The van der Waals surface area contributed by atoms with E-state index in [1.807, 2.05) is 20.0 Å². The van der Waals surface area contributed by atoms with Crippen molar-refractivity contribution in [1.29, 1.82) is 0 Å². The Kier molecular flexibility index (Phi) is 4.53. The average molecular weight is 370 g/mol. The number of amides is 1. The van der Waals surface area contributed by atoms with Crippen molar-refractivity contribution >= 4 is 17.4 Å². The zero-order valence-electron chi connectivity index (χ0n) is 16.2. The van der Waals surface area contributed by atoms with Gasteiger partial charge in [-0.25, -0.2) is 4.79 Å². The maximum atomic E-state index is 12.9. The fraction of sp³-hybridized carbons (Fsp3) is 0.550. The molecule has 0 unspecified atom stereocenters. The van der Waals surface area contributed by atoms with Gasteiger partial charge in [0.15, 0.2) is 5.82 Å². The molecule has 0 spiro atoms. The van der Waals surface area contributed by atoms with Crippen LogP contribution in [0, 0.1) is 13.8 Å². The van der Waals surface area contributed by atoms with Gasteiger partial charge in [-0.3, -0.25) is 9.48 Å². The maximum Gasteiger partial charge on any atom is 0.349 e. The van der Waals surface area contributed by atoms with Gasteiger partial charge in [-0.15, -0.1) is 0 Å². The lowest BCUT2D eigenvalue weighted by Gasteiger charge is -2.24. The van der Waals surface area contributed by atoms with Crippen LogP contribution in [0.25, 0.3) is 0 Å². The minimum Gasteiger partial charge on any atom is -0.427 e. The number of aromatic nitrogens is 2. The average Bonchev–Trinajstić information content (AvgIpc) is 3.17. The Balaban J connectivity index is 1.64. The molecule has 1 saturated carbocycles. The molecule has 144 valence electrons. The first kappa shape index (κ1) is 17.8. The summed E-state index contributed by atoms with van der Waals surface area (Å²) in [5.74, 6) is 1.36. The molecule has 0 radical (unpaired) electrons. The van der Waals surface area contributed by atoms with Gasteiger partial charge >= 0.3 is 5.63 Å². The summed E-state index contributed by atoms with van der Waals surface area (Å²) in [5, 5.41) is 7.49. The van der Waals surface area contributed by atoms with E-state index in [0.717, 1.165) is 56.7 Å². The van der Waals surface area contributed by atoms with Crippen LogP contribution >= 0.6 is 0 Å². The van der Waals surface area contributed by atoms with E-state index in [-0.39, 0.29) is 5.56 Å². The molecule has 7 nitrogen and oxygen atoms in total. The third kappa shape index (κ3) is 3.15. The fourth-order valence-electron chi connectivity index (χ4n) is 3.86. The number of nitrogens with one attached hydrogen (secondary N) is 1. The highest BCUT2D eigenvalue weighted by atomic mass is 16.4. The lowest BCUT2D eigenvalue weighted by Crippen LogP contribution is -2.26. The Hall–Kier alpha value is -2.57. The van der Waals surface area contributed by atoms with E-state index in [0.29, 0.717) is 22.9 Å². The molecule has 7 heteroatoms. The SMILES string of the molecule is Cc1cc(C2CCC2)oc(=O)c1C(=O)Nc1c(N2CCCC2)nn(C)c1C. The Labute approximate surface area is 158 Å². The number of carbonyl (C=O) groups excluding carboxylic acids is 1. The van der Waals surface area contributed by atoms with Crippen LogP contribution in [0.1, 0.15) is 65.4 Å². The van der Waals surface area contributed by atoms with E-state index in [9.17, 15) is 9.59 Å². The predicted octanol–water partition coefficient (Wildman–Crippen LogP) is 3.11. The summed E-state index contributed by atoms with van der Waals surface area (Å²) in [7, 11) is 1.86. The fourth-order valence-corrected chi connectivity index (χ4v) is 3.86. The van der Waals surface area contributed by atoms with Gasteiger partial charge in [-0.1, -0.05) is 6.42 Å². The highest BCUT2D eigenvalue weighted by molar-refractivity contribution is 6.06. The van der Waals surface area contributed by atoms with E-state index in [1.165, 1.54) is 0 Å². The Morgan fingerprint density at radius 2 is 1.93 bits per heavy atom. The molecule has 1 amide bonds. The van der Waals surface area contributed by atoms with Crippen LogP contribution in [0.4, 0.5) is 11.5 Å². The molecule has 1 N–H and O–H groups in total. The first-order valence-corrected chi connectivity index (χ1v) is 9.70. The molecule has 3 heterocycles. The highest BCUT2D eigenvalue weighted by Crippen LogP contribution is 2.36. The van der Waals surface area contributed by atoms with Crippen molar-refractivity contribution in [2.24, 2.45) is 7.05 Å². The summed E-state index contributed by atoms with van der Waals surface area (Å²) in [5.41, 5.74) is 1.71. The molecule has 1 aliphatic carbocycles. The summed E-state index contributed by atoms with van der Waals surface area (Å²) in [6.45, 7) is 5.57. The van der Waals surface area contributed by atoms with E-state index < -0.39 is 11.5 Å². The molecule has 2 aromatic rings. The van der Waals surface area contributed by atoms with Crippen molar-refractivity contribution < 1.29 is 9.21 Å². The first-order chi connectivity index (χ1) is 13.0. The van der Waals surface area contributed by atoms with Crippen LogP contribution in [0.15, 0.2) is 15.3 Å². The van der Waals surface area contributed by atoms with E-state index in [4.69, 9.17) is 4.42 Å². The molecular weight excluding hydrogens is 344 g/mol. The smallest absolute Gasteiger partial charge is 0.349 e. The lowest BCUT2D eigenvalue weighted by atomic mass is 9.83. The Morgan fingerprint density at radius 1 is 1.22 bits per heavy atom. The van der Waals surface area contributed by atoms with E-state index >= 15 is 0 Å². The lowest BCUT2D eigenvalue weighted by molar-refractivity contribution is 0.102. The quantitative estimate of drug-likeness (QED) is 0.894. The minimum atomic E-state index is -0.557. The number of hydrogen-bond acceptors (Lipinski definition) is 5. The molecule has 0 bridgehead atoms. The molecule has 4 rings (SSSR count). The van der Waals surface area contributed by atoms with Crippen molar-refractivity contribution in [1.82, 2.24) is 9.78 Å². The van der Waals surface area contributed by atoms with E-state index in [1.54, 1.807) is 11.6 Å². The second kappa shape index (κ2) is 6.87. The number of carbonyl (C=O) groups is 1. The molecule has 0 aromatic carbocycles. The van der Waals surface area contributed by atoms with Crippen LogP contribution in [0.2, 0.25) is 0 Å². The van der Waals surface area contributed by atoms with Gasteiger partial charge in [-0.05, 0) is 51.2 Å². The van der Waals surface area contributed by atoms with Gasteiger partial charge in [0.2, 0.25) is 0 Å². The van der Waals surface area contributed by atoms with Crippen LogP contribution in [0.5, 0.6) is 0 Å². The highest BCUT2D eigenvalue weighted by Gasteiger charge is 2.27. The second-order valence-electron chi connectivity index (χ2n) is 7.68. The standard InChI is InChI=1S/C20H26N4O3/c1-12-11-15(14-7-6-8-14)27-20(26)16(12)19(25)21-17-13(2)23(3)22-18(17)24-9-4-5-10-24/h11,14H,4-10H2,1-3H3,(H,21,25). The zero-order valence-corrected chi connectivity index (χ0v) is 16.2. The van der Waals surface area contributed by atoms with Gasteiger partial charge in [0.05, 0.1) is 5.69 Å². The van der Waals surface area contributed by atoms with Crippen LogP contribution in [-0.2, 0) is 7.05 Å². The predicted molar refractivity (Wildman–Crippen MR) is 104 cm³/mol. The van der Waals surface area contributed by atoms with E-state index in [2.05, 4.69) is 15.3 Å². The third-order valence-electron chi connectivity index (χ3n) is 5.86. The van der Waals surface area contributed by atoms with Gasteiger partial charge in [-0.2, -0.15) is 5.10 Å². The first-order valence-electron chi connectivity index (χ1n) is 9.70. The van der Waals surface area contributed by atoms with Crippen molar-refractivity contribution in [3.63, 3.8) is 0 Å². The molecule has 27 heavy (non-hydrogen) atoms. The number of anilines is 2. The van der Waals surface area contributed by atoms with Gasteiger partial charge in [0, 0.05) is 26.1 Å². The largest absolute Gasteiger partial charge is 0.427 e. The summed E-state index contributed by atoms with van der Waals surface area (Å²) in [4.78, 5) is 27.6. The zero-order chi connectivity index (χ0) is 19.1. The maximum absolute atomic E-state index is 12.9. The summed E-state index contributed by atoms with van der Waals surface area (Å²) < 4.78 is 7.23. The molecule has 0 atom stereocenters. The summed E-state index contributed by atoms with van der Waals surface area (Å²) >= 11 is 0. The minimum absolute atomic E-state index is 0.0775. The third-order valence-corrected chi connectivity index (χ3v) is 5.86. The molecular formula is C20H26N4O3. The number of nitrogens with zero attached hydrogens (tertiary/aromatic N) is 3. The normalized spacial score (nSPS) is 17.2. The van der Waals surface area contributed by atoms with Crippen molar-refractivity contribution in [3.8, 4) is 0 Å². The van der Waals surface area contributed by atoms with Gasteiger partial charge < -0.3 is 14.6 Å². The topological polar surface area (TPSA) is 80.4 Å². The molecule has 2 aromatic heterocycles. The number of aryl methyl sites for hydroxylation is 2. The summed E-state index contributed by atoms with van der Waals surface area (Å²) in [6, 6.07) is 1.84. The summed E-state index contributed by atoms with van der Waals surface area (Å²) in [6.07, 6.45) is 5.49. The molecule has 1 aliphatic heterocycles. The second-order valence-corrected chi connectivity index (χ2v) is 7.68. The number of rotatable bonds is 4. The van der Waals surface area contributed by atoms with Crippen molar-refractivity contribution in [2.75, 3.05) is 23.3 Å². The van der Waals surface area contributed by atoms with Crippen LogP contribution in [0.3, 0.4) is 0 Å². The van der Waals surface area contributed by atoms with Crippen LogP contribution in [-0.4, -0.2) is 28.8 Å². The Bertz CT molecular complexity index is 933. The van der Waals surface area contributed by atoms with Crippen LogP contribution < -0.4 is 15.8 Å².